The lowest BCUT2D eigenvalue weighted by molar-refractivity contribution is -0.161. The molecule has 1 aliphatic heterocycles. The van der Waals surface area contributed by atoms with E-state index >= 15 is 0 Å². The van der Waals surface area contributed by atoms with Gasteiger partial charge in [-0.05, 0) is 73.4 Å². The van der Waals surface area contributed by atoms with Crippen molar-refractivity contribution in [1.82, 2.24) is 9.21 Å². The molecule has 5 rings (SSSR count). The van der Waals surface area contributed by atoms with Crippen LogP contribution in [0.2, 0.25) is 10.0 Å². The van der Waals surface area contributed by atoms with Gasteiger partial charge in [0, 0.05) is 35.6 Å². The van der Waals surface area contributed by atoms with Crippen LogP contribution >= 0.6 is 23.2 Å². The van der Waals surface area contributed by atoms with Crippen molar-refractivity contribution in [3.63, 3.8) is 0 Å². The maximum atomic E-state index is 14.5. The number of likely N-dealkylation sites (N-methyl/N-ethyl adjacent to an activating group) is 1. The summed E-state index contributed by atoms with van der Waals surface area (Å²) in [5, 5.41) is 10.6. The molecule has 1 saturated heterocycles. The number of carboxylic acids is 1. The van der Waals surface area contributed by atoms with E-state index in [1.165, 1.54) is 4.31 Å². The minimum Gasteiger partial charge on any atom is -0.481 e. The summed E-state index contributed by atoms with van der Waals surface area (Å²) >= 11 is 12.6. The van der Waals surface area contributed by atoms with Gasteiger partial charge in [0.15, 0.2) is 0 Å². The van der Waals surface area contributed by atoms with Crippen LogP contribution in [0, 0.1) is 11.3 Å². The Bertz CT molecular complexity index is 1360. The fourth-order valence-electron chi connectivity index (χ4n) is 6.18. The number of hydrogen-bond donors (Lipinski definition) is 1. The highest BCUT2D eigenvalue weighted by Gasteiger charge is 2.55. The van der Waals surface area contributed by atoms with E-state index < -0.39 is 33.5 Å². The summed E-state index contributed by atoms with van der Waals surface area (Å²) in [7, 11) is -1.87. The second-order valence-corrected chi connectivity index (χ2v) is 14.8. The van der Waals surface area contributed by atoms with Gasteiger partial charge in [-0.1, -0.05) is 54.4 Å². The molecule has 0 radical (unpaired) electrons. The number of likely N-dealkylation sites (tertiary alicyclic amines) is 1. The Labute approximate surface area is 240 Å². The molecule has 210 valence electrons. The number of piperidine rings is 1. The molecule has 2 aromatic rings. The quantitative estimate of drug-likeness (QED) is 0.380. The highest BCUT2D eigenvalue weighted by Crippen LogP contribution is 2.54. The number of carbonyl (C=O) groups is 2. The van der Waals surface area contributed by atoms with Crippen LogP contribution in [0.4, 0.5) is 0 Å². The number of halogens is 2. The maximum absolute atomic E-state index is 14.5. The predicted molar refractivity (Wildman–Crippen MR) is 151 cm³/mol. The average Bonchev–Trinajstić information content (AvgIpc) is 3.77. The summed E-state index contributed by atoms with van der Waals surface area (Å²) in [6, 6.07) is 14.0. The molecule has 4 atom stereocenters. The lowest BCUT2D eigenvalue weighted by atomic mass is 9.67. The standard InChI is InChI=1S/C29H34Cl2N2O5S/c1-29(16-26(34)35)15-24(20-4-3-5-22(31)14-20)27(19-8-10-21(30)11-9-19)33(28(29)36)25(18-6-7-18)17-32(2)39(37,38)23-12-13-23/h3-5,8-11,14,18,23-25,27H,6-7,12-13,15-17H2,1-2H3,(H,34,35)/t24-,25?,27-,29-/m1/s1. The van der Waals surface area contributed by atoms with Gasteiger partial charge in [0.25, 0.3) is 0 Å². The van der Waals surface area contributed by atoms with E-state index in [1.54, 1.807) is 32.2 Å². The van der Waals surface area contributed by atoms with Gasteiger partial charge in [0.1, 0.15) is 0 Å². The molecular formula is C29H34Cl2N2O5S. The number of aliphatic carboxylic acids is 1. The Balaban J connectivity index is 1.65. The number of hydrogen-bond acceptors (Lipinski definition) is 4. The number of benzene rings is 2. The van der Waals surface area contributed by atoms with Crippen LogP contribution in [0.3, 0.4) is 0 Å². The lowest BCUT2D eigenvalue weighted by Gasteiger charge is -2.52. The number of nitrogens with zero attached hydrogens (tertiary/aromatic N) is 2. The van der Waals surface area contributed by atoms with E-state index in [1.807, 2.05) is 35.2 Å². The summed E-state index contributed by atoms with van der Waals surface area (Å²) in [5.74, 6) is -1.43. The molecule has 3 aliphatic rings. The monoisotopic (exact) mass is 592 g/mol. The number of carboxylic acid groups (broad SMARTS) is 1. The molecule has 3 fully saturated rings. The third kappa shape index (κ3) is 5.85. The molecule has 0 spiro atoms. The van der Waals surface area contributed by atoms with Gasteiger partial charge in [-0.2, -0.15) is 0 Å². The predicted octanol–water partition coefficient (Wildman–Crippen LogP) is 5.73. The molecule has 39 heavy (non-hydrogen) atoms. The zero-order valence-corrected chi connectivity index (χ0v) is 24.4. The van der Waals surface area contributed by atoms with Gasteiger partial charge in [0.2, 0.25) is 15.9 Å². The van der Waals surface area contributed by atoms with E-state index in [4.69, 9.17) is 23.2 Å². The summed E-state index contributed by atoms with van der Waals surface area (Å²) in [6.07, 6.45) is 3.08. The fraction of sp³-hybridized carbons (Fsp3) is 0.517. The van der Waals surface area contributed by atoms with Crippen molar-refractivity contribution in [2.45, 2.75) is 68.7 Å². The van der Waals surface area contributed by atoms with Crippen molar-refractivity contribution in [3.05, 3.63) is 69.7 Å². The molecule has 1 unspecified atom stereocenters. The first-order chi connectivity index (χ1) is 18.4. The molecule has 1 amide bonds. The molecule has 1 heterocycles. The number of amides is 1. The normalized spacial score (nSPS) is 26.6. The largest absolute Gasteiger partial charge is 0.481 e. The van der Waals surface area contributed by atoms with Crippen LogP contribution in [0.25, 0.3) is 0 Å². The third-order valence-electron chi connectivity index (χ3n) is 8.48. The minimum absolute atomic E-state index is 0.132. The molecule has 0 bridgehead atoms. The summed E-state index contributed by atoms with van der Waals surface area (Å²) in [4.78, 5) is 28.3. The van der Waals surface area contributed by atoms with Gasteiger partial charge in [0.05, 0.1) is 23.1 Å². The first-order valence-corrected chi connectivity index (χ1v) is 15.7. The van der Waals surface area contributed by atoms with Crippen LogP contribution in [-0.4, -0.2) is 59.5 Å². The van der Waals surface area contributed by atoms with Crippen LogP contribution in [0.1, 0.15) is 68.5 Å². The SMILES string of the molecule is CN(CC(C1CC1)N1C(=O)[C@@](C)(CC(=O)O)C[C@H](c2cccc(Cl)c2)[C@H]1c1ccc(Cl)cc1)S(=O)(=O)C1CC1. The number of rotatable bonds is 10. The van der Waals surface area contributed by atoms with E-state index in [9.17, 15) is 23.1 Å². The Hall–Kier alpha value is -2.13. The first kappa shape index (κ1) is 28.4. The van der Waals surface area contributed by atoms with E-state index in [2.05, 4.69) is 0 Å². The summed E-state index contributed by atoms with van der Waals surface area (Å²) < 4.78 is 27.7. The van der Waals surface area contributed by atoms with E-state index in [-0.39, 0.29) is 36.0 Å². The summed E-state index contributed by atoms with van der Waals surface area (Å²) in [5.41, 5.74) is 0.599. The van der Waals surface area contributed by atoms with Crippen LogP contribution in [-0.2, 0) is 19.6 Å². The Morgan fingerprint density at radius 2 is 1.74 bits per heavy atom. The van der Waals surface area contributed by atoms with Crippen LogP contribution < -0.4 is 0 Å². The van der Waals surface area contributed by atoms with Crippen molar-refractivity contribution in [3.8, 4) is 0 Å². The van der Waals surface area contributed by atoms with Crippen LogP contribution in [0.15, 0.2) is 48.5 Å². The van der Waals surface area contributed by atoms with E-state index in [0.717, 1.165) is 24.0 Å². The zero-order valence-electron chi connectivity index (χ0n) is 22.1. The van der Waals surface area contributed by atoms with E-state index in [0.29, 0.717) is 29.3 Å². The molecule has 0 aromatic heterocycles. The Kier molecular flexibility index (Phi) is 7.79. The summed E-state index contributed by atoms with van der Waals surface area (Å²) in [6.45, 7) is 1.89. The van der Waals surface area contributed by atoms with Crippen molar-refractivity contribution in [2.75, 3.05) is 13.6 Å². The van der Waals surface area contributed by atoms with Crippen molar-refractivity contribution >= 4 is 45.1 Å². The van der Waals surface area contributed by atoms with Crippen LogP contribution in [0.5, 0.6) is 0 Å². The highest BCUT2D eigenvalue weighted by atomic mass is 35.5. The van der Waals surface area contributed by atoms with Gasteiger partial charge in [-0.25, -0.2) is 12.7 Å². The first-order valence-electron chi connectivity index (χ1n) is 13.4. The number of carbonyl (C=O) groups excluding carboxylic acids is 1. The highest BCUT2D eigenvalue weighted by molar-refractivity contribution is 7.90. The Morgan fingerprint density at radius 3 is 2.31 bits per heavy atom. The van der Waals surface area contributed by atoms with Gasteiger partial charge < -0.3 is 10.0 Å². The molecule has 1 N–H and O–H groups in total. The molecule has 2 saturated carbocycles. The van der Waals surface area contributed by atoms with Crippen molar-refractivity contribution in [1.29, 1.82) is 0 Å². The third-order valence-corrected chi connectivity index (χ3v) is 11.3. The topological polar surface area (TPSA) is 95.0 Å². The minimum atomic E-state index is -3.46. The molecule has 7 nitrogen and oxygen atoms in total. The van der Waals surface area contributed by atoms with Crippen molar-refractivity contribution in [2.24, 2.45) is 11.3 Å². The van der Waals surface area contributed by atoms with Gasteiger partial charge >= 0.3 is 5.97 Å². The second-order valence-electron chi connectivity index (χ2n) is 11.6. The maximum Gasteiger partial charge on any atom is 0.304 e. The smallest absolute Gasteiger partial charge is 0.304 e. The van der Waals surface area contributed by atoms with Crippen molar-refractivity contribution < 1.29 is 23.1 Å². The lowest BCUT2D eigenvalue weighted by Crippen LogP contribution is -2.59. The Morgan fingerprint density at radius 1 is 1.08 bits per heavy atom. The van der Waals surface area contributed by atoms with Gasteiger partial charge in [-0.3, -0.25) is 9.59 Å². The average molecular weight is 594 g/mol. The van der Waals surface area contributed by atoms with Gasteiger partial charge in [-0.15, -0.1) is 0 Å². The molecule has 2 aliphatic carbocycles. The molecule has 10 heteroatoms. The number of sulfonamides is 1. The second kappa shape index (κ2) is 10.7. The molecule has 2 aromatic carbocycles. The zero-order chi connectivity index (χ0) is 28.1. The molecular weight excluding hydrogens is 559 g/mol. The fourth-order valence-corrected chi connectivity index (χ4v) is 8.10.